The molecule has 2 N–H and O–H groups in total. The Morgan fingerprint density at radius 1 is 1.35 bits per heavy atom. The molecule has 0 spiro atoms. The number of phenolic OH excluding ortho intramolecular Hbond substituents is 1. The van der Waals surface area contributed by atoms with Crippen molar-refractivity contribution in [1.29, 1.82) is 0 Å². The lowest BCUT2D eigenvalue weighted by atomic mass is 10.1. The van der Waals surface area contributed by atoms with E-state index >= 15 is 0 Å². The van der Waals surface area contributed by atoms with Crippen LogP contribution in [-0.2, 0) is 11.3 Å². The minimum atomic E-state index is 0.264. The summed E-state index contributed by atoms with van der Waals surface area (Å²) in [5.41, 5.74) is 0.801. The summed E-state index contributed by atoms with van der Waals surface area (Å²) in [6.07, 6.45) is 1.18. The molecule has 2 heterocycles. The minimum absolute atomic E-state index is 0.264. The van der Waals surface area contributed by atoms with Gasteiger partial charge >= 0.3 is 0 Å². The summed E-state index contributed by atoms with van der Waals surface area (Å²) >= 11 is 0. The normalized spacial score (nSPS) is 21.8. The third-order valence-electron chi connectivity index (χ3n) is 5.14. The number of likely N-dealkylation sites (tertiary alicyclic amines) is 1. The molecule has 144 valence electrons. The van der Waals surface area contributed by atoms with Crippen molar-refractivity contribution in [2.24, 2.45) is 10.9 Å². The molecule has 0 radical (unpaired) electrons. The lowest BCUT2D eigenvalue weighted by Crippen LogP contribution is -2.42. The maximum Gasteiger partial charge on any atom is 0.193 e. The number of phenols is 1. The van der Waals surface area contributed by atoms with Gasteiger partial charge in [-0.1, -0.05) is 0 Å². The molecule has 1 atom stereocenters. The summed E-state index contributed by atoms with van der Waals surface area (Å²) in [6, 6.07) is 5.26. The number of guanidine groups is 1. The predicted molar refractivity (Wildman–Crippen MR) is 102 cm³/mol. The molecule has 2 aliphatic rings. The molecule has 0 aromatic heterocycles. The highest BCUT2D eigenvalue weighted by molar-refractivity contribution is 5.80. The number of rotatable bonds is 5. The Morgan fingerprint density at radius 3 is 2.88 bits per heavy atom. The first-order valence-corrected chi connectivity index (χ1v) is 9.31. The molecular formula is C19H30N4O3. The minimum Gasteiger partial charge on any atom is -0.508 e. The van der Waals surface area contributed by atoms with Crippen LogP contribution in [0.3, 0.4) is 0 Å². The number of nitrogens with one attached hydrogen (secondary N) is 1. The van der Waals surface area contributed by atoms with E-state index in [9.17, 15) is 5.11 Å². The fourth-order valence-corrected chi connectivity index (χ4v) is 3.66. The van der Waals surface area contributed by atoms with Crippen molar-refractivity contribution >= 4 is 5.96 Å². The van der Waals surface area contributed by atoms with Crippen molar-refractivity contribution in [3.8, 4) is 11.5 Å². The average Bonchev–Trinajstić information content (AvgIpc) is 3.12. The molecule has 0 aliphatic carbocycles. The third-order valence-corrected chi connectivity index (χ3v) is 5.14. The van der Waals surface area contributed by atoms with Crippen LogP contribution in [0.15, 0.2) is 23.2 Å². The zero-order valence-corrected chi connectivity index (χ0v) is 15.8. The highest BCUT2D eigenvalue weighted by atomic mass is 16.5. The molecule has 0 bridgehead atoms. The number of aliphatic imine (C=N–C) groups is 1. The maximum absolute atomic E-state index is 10.0. The number of ether oxygens (including phenoxy) is 2. The number of hydrogen-bond acceptors (Lipinski definition) is 5. The molecule has 1 unspecified atom stereocenters. The van der Waals surface area contributed by atoms with E-state index in [1.807, 2.05) is 13.1 Å². The molecule has 3 rings (SSSR count). The first kappa shape index (κ1) is 18.8. The summed E-state index contributed by atoms with van der Waals surface area (Å²) in [6.45, 7) is 7.46. The highest BCUT2D eigenvalue weighted by Crippen LogP contribution is 2.23. The second-order valence-electron chi connectivity index (χ2n) is 6.91. The van der Waals surface area contributed by atoms with Gasteiger partial charge in [-0.05, 0) is 30.5 Å². The van der Waals surface area contributed by atoms with Crippen LogP contribution >= 0.6 is 0 Å². The van der Waals surface area contributed by atoms with Crippen LogP contribution in [-0.4, -0.2) is 81.0 Å². The Hall–Kier alpha value is -1.99. The van der Waals surface area contributed by atoms with Gasteiger partial charge in [0.25, 0.3) is 0 Å². The van der Waals surface area contributed by atoms with E-state index in [0.717, 1.165) is 63.2 Å². The quantitative estimate of drug-likeness (QED) is 0.605. The summed E-state index contributed by atoms with van der Waals surface area (Å²) in [5.74, 6) is 2.55. The van der Waals surface area contributed by atoms with Crippen molar-refractivity contribution < 1.29 is 14.6 Å². The summed E-state index contributed by atoms with van der Waals surface area (Å²) in [5, 5.41) is 13.4. The van der Waals surface area contributed by atoms with Crippen molar-refractivity contribution in [3.05, 3.63) is 23.8 Å². The van der Waals surface area contributed by atoms with Gasteiger partial charge in [0.15, 0.2) is 5.96 Å². The van der Waals surface area contributed by atoms with Gasteiger partial charge in [-0.25, -0.2) is 0 Å². The maximum atomic E-state index is 10.0. The largest absolute Gasteiger partial charge is 0.508 e. The summed E-state index contributed by atoms with van der Waals surface area (Å²) < 4.78 is 10.7. The number of benzene rings is 1. The number of morpholine rings is 1. The molecule has 7 heteroatoms. The Labute approximate surface area is 155 Å². The van der Waals surface area contributed by atoms with Crippen LogP contribution in [0.1, 0.15) is 12.0 Å². The SMILES string of the molecule is CN=C(NCc1cc(OC)ccc1O)N1CCC(CN2CCOCC2)C1. The number of hydrogen-bond donors (Lipinski definition) is 2. The van der Waals surface area contributed by atoms with Crippen molar-refractivity contribution in [2.45, 2.75) is 13.0 Å². The van der Waals surface area contributed by atoms with Gasteiger partial charge in [-0.3, -0.25) is 9.89 Å². The second-order valence-corrected chi connectivity index (χ2v) is 6.91. The van der Waals surface area contributed by atoms with E-state index in [2.05, 4.69) is 20.1 Å². The van der Waals surface area contributed by atoms with Crippen LogP contribution in [0, 0.1) is 5.92 Å². The first-order valence-electron chi connectivity index (χ1n) is 9.31. The third kappa shape index (κ3) is 4.80. The van der Waals surface area contributed by atoms with Crippen LogP contribution in [0.25, 0.3) is 0 Å². The zero-order valence-electron chi connectivity index (χ0n) is 15.8. The molecule has 7 nitrogen and oxygen atoms in total. The molecule has 2 fully saturated rings. The standard InChI is InChI=1S/C19H30N4O3/c1-20-19(21-12-16-11-17(25-2)3-4-18(16)24)23-6-5-15(14-23)13-22-7-9-26-10-8-22/h3-4,11,15,24H,5-10,12-14H2,1-2H3,(H,20,21). The van der Waals surface area contributed by atoms with E-state index < -0.39 is 0 Å². The van der Waals surface area contributed by atoms with E-state index in [0.29, 0.717) is 12.5 Å². The molecule has 1 aromatic carbocycles. The smallest absolute Gasteiger partial charge is 0.193 e. The molecule has 0 amide bonds. The van der Waals surface area contributed by atoms with Crippen molar-refractivity contribution in [3.63, 3.8) is 0 Å². The van der Waals surface area contributed by atoms with E-state index in [1.54, 1.807) is 19.2 Å². The zero-order chi connectivity index (χ0) is 18.4. The van der Waals surface area contributed by atoms with Crippen LogP contribution in [0.4, 0.5) is 0 Å². The lowest BCUT2D eigenvalue weighted by Gasteiger charge is -2.29. The van der Waals surface area contributed by atoms with Crippen molar-refractivity contribution in [2.75, 3.05) is 60.1 Å². The Bertz CT molecular complexity index is 617. The molecule has 2 saturated heterocycles. The molecule has 1 aromatic rings. The fourth-order valence-electron chi connectivity index (χ4n) is 3.66. The van der Waals surface area contributed by atoms with E-state index in [1.165, 1.54) is 6.42 Å². The number of nitrogens with zero attached hydrogens (tertiary/aromatic N) is 3. The molecule has 2 aliphatic heterocycles. The lowest BCUT2D eigenvalue weighted by molar-refractivity contribution is 0.0315. The topological polar surface area (TPSA) is 69.6 Å². The average molecular weight is 362 g/mol. The Balaban J connectivity index is 1.51. The van der Waals surface area contributed by atoms with Gasteiger partial charge in [0.05, 0.1) is 20.3 Å². The van der Waals surface area contributed by atoms with E-state index in [-0.39, 0.29) is 5.75 Å². The molecule has 26 heavy (non-hydrogen) atoms. The van der Waals surface area contributed by atoms with Gasteiger partial charge in [0, 0.05) is 51.9 Å². The van der Waals surface area contributed by atoms with Gasteiger partial charge in [0.1, 0.15) is 11.5 Å². The van der Waals surface area contributed by atoms with Crippen LogP contribution in [0.5, 0.6) is 11.5 Å². The second kappa shape index (κ2) is 9.09. The van der Waals surface area contributed by atoms with Crippen molar-refractivity contribution in [1.82, 2.24) is 15.1 Å². The number of methoxy groups -OCH3 is 1. The molecule has 0 saturated carbocycles. The Morgan fingerprint density at radius 2 is 2.15 bits per heavy atom. The summed E-state index contributed by atoms with van der Waals surface area (Å²) in [7, 11) is 3.43. The van der Waals surface area contributed by atoms with Gasteiger partial charge < -0.3 is 24.8 Å². The van der Waals surface area contributed by atoms with E-state index in [4.69, 9.17) is 9.47 Å². The summed E-state index contributed by atoms with van der Waals surface area (Å²) in [4.78, 5) is 9.23. The molecular weight excluding hydrogens is 332 g/mol. The highest BCUT2D eigenvalue weighted by Gasteiger charge is 2.27. The monoisotopic (exact) mass is 362 g/mol. The van der Waals surface area contributed by atoms with Gasteiger partial charge in [0.2, 0.25) is 0 Å². The number of aromatic hydroxyl groups is 1. The Kier molecular flexibility index (Phi) is 6.57. The first-order chi connectivity index (χ1) is 12.7. The van der Waals surface area contributed by atoms with Crippen LogP contribution < -0.4 is 10.1 Å². The predicted octanol–water partition coefficient (Wildman–Crippen LogP) is 1.13. The fraction of sp³-hybridized carbons (Fsp3) is 0.632. The van der Waals surface area contributed by atoms with Crippen LogP contribution in [0.2, 0.25) is 0 Å². The van der Waals surface area contributed by atoms with Gasteiger partial charge in [-0.15, -0.1) is 0 Å². The van der Waals surface area contributed by atoms with Gasteiger partial charge in [-0.2, -0.15) is 0 Å².